The lowest BCUT2D eigenvalue weighted by Crippen LogP contribution is -2.23. The topological polar surface area (TPSA) is 71.3 Å². The smallest absolute Gasteiger partial charge is 0.350 e. The van der Waals surface area contributed by atoms with Crippen LogP contribution in [-0.2, 0) is 14.3 Å². The second-order valence-corrected chi connectivity index (χ2v) is 5.07. The van der Waals surface area contributed by atoms with Gasteiger partial charge in [-0.05, 0) is 38.0 Å². The van der Waals surface area contributed by atoms with Crippen LogP contribution in [0.25, 0.3) is 0 Å². The molecular weight excluding hydrogens is 311 g/mol. The number of halogens is 1. The highest BCUT2D eigenvalue weighted by molar-refractivity contribution is 5.93. The van der Waals surface area contributed by atoms with Crippen LogP contribution in [0.5, 0.6) is 0 Å². The van der Waals surface area contributed by atoms with Crippen LogP contribution in [-0.4, -0.2) is 25.8 Å². The number of hydrogen-bond donors (Lipinski definition) is 1. The highest BCUT2D eigenvalue weighted by atomic mass is 19.1. The summed E-state index contributed by atoms with van der Waals surface area (Å²) in [5.74, 6) is -1.02. The number of benzene rings is 1. The molecular formula is C18H23FN2O3. The fourth-order valence-corrected chi connectivity index (χ4v) is 2.12. The predicted octanol–water partition coefficient (Wildman–Crippen LogP) is 3.24. The third kappa shape index (κ3) is 6.01. The first kappa shape index (κ1) is 19.7. The van der Waals surface area contributed by atoms with Gasteiger partial charge in [-0.1, -0.05) is 19.1 Å². The number of hydrogen-bond acceptors (Lipinski definition) is 5. The number of allylic oxidation sites excluding steroid dienone is 1. The van der Waals surface area contributed by atoms with Crippen LogP contribution in [0.1, 0.15) is 38.8 Å². The number of carbonyl (C=O) groups excluding carboxylic acids is 1. The number of esters is 1. The minimum absolute atomic E-state index is 0.0720. The average molecular weight is 334 g/mol. The normalized spacial score (nSPS) is 12.8. The van der Waals surface area contributed by atoms with Gasteiger partial charge in [-0.3, -0.25) is 0 Å². The van der Waals surface area contributed by atoms with E-state index in [0.717, 1.165) is 5.56 Å². The lowest BCUT2D eigenvalue weighted by molar-refractivity contribution is -0.140. The summed E-state index contributed by atoms with van der Waals surface area (Å²) in [4.78, 5) is 12.1. The molecule has 0 unspecified atom stereocenters. The van der Waals surface area contributed by atoms with Crippen molar-refractivity contribution in [2.75, 3.05) is 19.8 Å². The predicted molar refractivity (Wildman–Crippen MR) is 88.3 cm³/mol. The molecule has 1 aromatic rings. The molecule has 0 radical (unpaired) electrons. The van der Waals surface area contributed by atoms with E-state index in [0.29, 0.717) is 18.7 Å². The molecule has 1 atom stereocenters. The van der Waals surface area contributed by atoms with Crippen LogP contribution in [0, 0.1) is 17.1 Å². The standard InChI is InChI=1S/C18H23FN2O3/c1-4-17(16(12-20)18(22)24-10-9-23-5-2)21-13(3)14-7-6-8-15(19)11-14/h6-8,11,13,21H,4-5,9-10H2,1-3H3/t13-/m1/s1. The van der Waals surface area contributed by atoms with Crippen LogP contribution in [0.3, 0.4) is 0 Å². The summed E-state index contributed by atoms with van der Waals surface area (Å²) in [7, 11) is 0. The Morgan fingerprint density at radius 1 is 1.38 bits per heavy atom. The quantitative estimate of drug-likeness (QED) is 0.325. The van der Waals surface area contributed by atoms with E-state index in [9.17, 15) is 14.4 Å². The largest absolute Gasteiger partial charge is 0.459 e. The molecule has 0 fully saturated rings. The molecule has 0 bridgehead atoms. The van der Waals surface area contributed by atoms with E-state index in [1.807, 2.05) is 26.8 Å². The van der Waals surface area contributed by atoms with E-state index in [1.54, 1.807) is 12.1 Å². The van der Waals surface area contributed by atoms with Gasteiger partial charge < -0.3 is 14.8 Å². The Balaban J connectivity index is 2.84. The van der Waals surface area contributed by atoms with E-state index in [4.69, 9.17) is 9.47 Å². The van der Waals surface area contributed by atoms with Crippen molar-refractivity contribution in [2.45, 2.75) is 33.2 Å². The van der Waals surface area contributed by atoms with E-state index < -0.39 is 5.97 Å². The number of carbonyl (C=O) groups is 1. The molecule has 5 nitrogen and oxygen atoms in total. The zero-order valence-electron chi connectivity index (χ0n) is 14.3. The molecule has 0 amide bonds. The Morgan fingerprint density at radius 2 is 2.12 bits per heavy atom. The molecule has 0 spiro atoms. The first-order chi connectivity index (χ1) is 11.5. The first-order valence-electron chi connectivity index (χ1n) is 7.93. The fraction of sp³-hybridized carbons (Fsp3) is 0.444. The van der Waals surface area contributed by atoms with Gasteiger partial charge in [0.25, 0.3) is 0 Å². The third-order valence-corrected chi connectivity index (χ3v) is 3.38. The number of nitrogens with one attached hydrogen (secondary N) is 1. The molecule has 0 saturated heterocycles. The highest BCUT2D eigenvalue weighted by Crippen LogP contribution is 2.18. The van der Waals surface area contributed by atoms with Crippen molar-refractivity contribution in [2.24, 2.45) is 0 Å². The van der Waals surface area contributed by atoms with Crippen molar-refractivity contribution < 1.29 is 18.7 Å². The van der Waals surface area contributed by atoms with Gasteiger partial charge in [0.1, 0.15) is 18.5 Å². The molecule has 1 aromatic carbocycles. The third-order valence-electron chi connectivity index (χ3n) is 3.38. The van der Waals surface area contributed by atoms with E-state index in [1.165, 1.54) is 12.1 Å². The Kier molecular flexibility index (Phi) is 8.52. The van der Waals surface area contributed by atoms with Crippen LogP contribution >= 0.6 is 0 Å². The minimum atomic E-state index is -0.687. The van der Waals surface area contributed by atoms with Gasteiger partial charge in [0, 0.05) is 18.3 Å². The molecule has 0 aliphatic rings. The van der Waals surface area contributed by atoms with Crippen LogP contribution < -0.4 is 5.32 Å². The van der Waals surface area contributed by atoms with Crippen LogP contribution in [0.15, 0.2) is 35.5 Å². The number of nitriles is 1. The van der Waals surface area contributed by atoms with Crippen molar-refractivity contribution in [1.29, 1.82) is 5.26 Å². The molecule has 1 rings (SSSR count). The van der Waals surface area contributed by atoms with E-state index in [-0.39, 0.29) is 30.6 Å². The molecule has 0 saturated carbocycles. The van der Waals surface area contributed by atoms with Crippen molar-refractivity contribution in [3.05, 3.63) is 46.9 Å². The van der Waals surface area contributed by atoms with Crippen molar-refractivity contribution in [3.8, 4) is 6.07 Å². The summed E-state index contributed by atoms with van der Waals surface area (Å²) in [5.41, 5.74) is 1.12. The Labute approximate surface area is 142 Å². The van der Waals surface area contributed by atoms with Gasteiger partial charge in [0.05, 0.1) is 6.61 Å². The molecule has 130 valence electrons. The van der Waals surface area contributed by atoms with Crippen LogP contribution in [0.4, 0.5) is 4.39 Å². The maximum atomic E-state index is 13.3. The minimum Gasteiger partial charge on any atom is -0.459 e. The Hall–Kier alpha value is -2.39. The van der Waals surface area contributed by atoms with Gasteiger partial charge in [0.2, 0.25) is 0 Å². The lowest BCUT2D eigenvalue weighted by atomic mass is 10.1. The zero-order chi connectivity index (χ0) is 17.9. The average Bonchev–Trinajstić information content (AvgIpc) is 2.58. The maximum Gasteiger partial charge on any atom is 0.350 e. The first-order valence-corrected chi connectivity index (χ1v) is 7.93. The molecule has 0 heterocycles. The van der Waals surface area contributed by atoms with Gasteiger partial charge in [-0.2, -0.15) is 5.26 Å². The summed E-state index contributed by atoms with van der Waals surface area (Å²) < 4.78 is 23.5. The van der Waals surface area contributed by atoms with E-state index >= 15 is 0 Å². The summed E-state index contributed by atoms with van der Waals surface area (Å²) in [5, 5.41) is 12.4. The number of rotatable bonds is 9. The van der Waals surface area contributed by atoms with Crippen LogP contribution in [0.2, 0.25) is 0 Å². The fourth-order valence-electron chi connectivity index (χ4n) is 2.12. The molecule has 0 aromatic heterocycles. The molecule has 1 N–H and O–H groups in total. The summed E-state index contributed by atoms with van der Waals surface area (Å²) in [6, 6.07) is 7.81. The number of ether oxygens (including phenoxy) is 2. The molecule has 24 heavy (non-hydrogen) atoms. The highest BCUT2D eigenvalue weighted by Gasteiger charge is 2.18. The SMILES string of the molecule is CCOCCOC(=O)C(C#N)=C(CC)N[C@H](C)c1cccc(F)c1. The monoisotopic (exact) mass is 334 g/mol. The number of nitrogens with zero attached hydrogens (tertiary/aromatic N) is 1. The summed E-state index contributed by atoms with van der Waals surface area (Å²) >= 11 is 0. The van der Waals surface area contributed by atoms with Crippen molar-refractivity contribution >= 4 is 5.97 Å². The molecule has 6 heteroatoms. The summed E-state index contributed by atoms with van der Waals surface area (Å²) in [6.07, 6.45) is 0.448. The van der Waals surface area contributed by atoms with E-state index in [2.05, 4.69) is 5.32 Å². The zero-order valence-corrected chi connectivity index (χ0v) is 14.3. The van der Waals surface area contributed by atoms with Gasteiger partial charge in [-0.25, -0.2) is 9.18 Å². The van der Waals surface area contributed by atoms with Gasteiger partial charge in [-0.15, -0.1) is 0 Å². The summed E-state index contributed by atoms with van der Waals surface area (Å²) in [6.45, 7) is 6.41. The van der Waals surface area contributed by atoms with Crippen molar-refractivity contribution in [3.63, 3.8) is 0 Å². The Bertz CT molecular complexity index is 623. The second kappa shape index (κ2) is 10.4. The van der Waals surface area contributed by atoms with Crippen molar-refractivity contribution in [1.82, 2.24) is 5.32 Å². The molecule has 0 aliphatic carbocycles. The van der Waals surface area contributed by atoms with Gasteiger partial charge >= 0.3 is 5.97 Å². The second-order valence-electron chi connectivity index (χ2n) is 5.07. The lowest BCUT2D eigenvalue weighted by Gasteiger charge is -2.18. The molecule has 0 aliphatic heterocycles. The van der Waals surface area contributed by atoms with Gasteiger partial charge in [0.15, 0.2) is 5.57 Å². The maximum absolute atomic E-state index is 13.3. The Morgan fingerprint density at radius 3 is 2.71 bits per heavy atom.